The molecule has 1 amide bonds. The number of rotatable bonds is 9. The van der Waals surface area contributed by atoms with Crippen LogP contribution in [0.4, 0.5) is 0 Å². The van der Waals surface area contributed by atoms with Crippen LogP contribution in [0.5, 0.6) is 34.5 Å². The van der Waals surface area contributed by atoms with E-state index >= 15 is 0 Å². The molecule has 5 rings (SSSR count). The number of fused-ring (bicyclic) bond motifs is 3. The predicted molar refractivity (Wildman–Crippen MR) is 178 cm³/mol. The van der Waals surface area contributed by atoms with Crippen LogP contribution in [-0.4, -0.2) is 45.4 Å². The third-order valence-corrected chi connectivity index (χ3v) is 7.81. The van der Waals surface area contributed by atoms with Crippen molar-refractivity contribution in [3.05, 3.63) is 106 Å². The largest absolute Gasteiger partial charge is 0.493 e. The van der Waals surface area contributed by atoms with Gasteiger partial charge in [-0.15, -0.1) is 0 Å². The molecule has 0 spiro atoms. The molecule has 10 heteroatoms. The van der Waals surface area contributed by atoms with E-state index in [1.807, 2.05) is 48.5 Å². The van der Waals surface area contributed by atoms with Gasteiger partial charge in [0.2, 0.25) is 17.1 Å². The van der Waals surface area contributed by atoms with Crippen LogP contribution in [0.25, 0.3) is 11.1 Å². The van der Waals surface area contributed by atoms with Crippen LogP contribution < -0.4 is 34.4 Å². The number of para-hydroxylation sites is 1. The molecule has 0 saturated carbocycles. The second-order valence-corrected chi connectivity index (χ2v) is 10.8. The molecule has 1 aliphatic rings. The topological polar surface area (TPSA) is 130 Å². The summed E-state index contributed by atoms with van der Waals surface area (Å²) in [7, 11) is 6.14. The lowest BCUT2D eigenvalue weighted by atomic mass is 9.95. The Morgan fingerprint density at radius 2 is 1.49 bits per heavy atom. The predicted octanol–water partition coefficient (Wildman–Crippen LogP) is 6.54. The Bertz CT molecular complexity index is 1790. The molecule has 4 aromatic carbocycles. The highest BCUT2D eigenvalue weighted by Gasteiger charge is 2.29. The molecule has 0 aromatic heterocycles. The van der Waals surface area contributed by atoms with Gasteiger partial charge in [0.05, 0.1) is 40.4 Å². The SMILES string of the molecule is CC(C(=O)O)c1cccc(Oc2ccccc2)c1.COc1cc2c(c(OC)c1OC)-c1ccc(OC)c(=O)cc1[C@@H](NC(C)=O)CC2. The number of nitrogens with one attached hydrogen (secondary N) is 1. The third-order valence-electron chi connectivity index (χ3n) is 7.81. The number of carbonyl (C=O) groups is 2. The highest BCUT2D eigenvalue weighted by Crippen LogP contribution is 2.50. The van der Waals surface area contributed by atoms with Crippen LogP contribution in [0.3, 0.4) is 0 Å². The lowest BCUT2D eigenvalue weighted by molar-refractivity contribution is -0.138. The lowest BCUT2D eigenvalue weighted by Gasteiger charge is -2.19. The molecule has 4 aromatic rings. The molecule has 1 unspecified atom stereocenters. The van der Waals surface area contributed by atoms with E-state index in [0.29, 0.717) is 41.4 Å². The van der Waals surface area contributed by atoms with Gasteiger partial charge in [-0.25, -0.2) is 0 Å². The van der Waals surface area contributed by atoms with E-state index in [2.05, 4.69) is 5.32 Å². The van der Waals surface area contributed by atoms with Gasteiger partial charge in [-0.3, -0.25) is 14.4 Å². The minimum Gasteiger partial charge on any atom is -0.493 e. The summed E-state index contributed by atoms with van der Waals surface area (Å²) < 4.78 is 27.7. The van der Waals surface area contributed by atoms with Gasteiger partial charge in [0.15, 0.2) is 17.2 Å². The summed E-state index contributed by atoms with van der Waals surface area (Å²) in [6.45, 7) is 3.12. The highest BCUT2D eigenvalue weighted by atomic mass is 16.5. The quantitative estimate of drug-likeness (QED) is 0.209. The summed E-state index contributed by atoms with van der Waals surface area (Å²) in [4.78, 5) is 35.4. The van der Waals surface area contributed by atoms with E-state index in [-0.39, 0.29) is 23.1 Å². The standard InChI is InChI=1S/C22H25NO6.C15H14O3/c1-12(24)23-16-8-6-13-10-19(27-3)21(28-4)22(29-5)20(13)14-7-9-18(26-2)17(25)11-15(14)16;1-11(15(16)17)12-6-5-9-14(10-12)18-13-7-3-2-4-8-13/h7,9-11,16H,6,8H2,1-5H3,(H,23,24);2-11H,1H3,(H,16,17)/t16-;/m0./s1. The maximum Gasteiger partial charge on any atom is 0.310 e. The molecular weight excluding hydrogens is 602 g/mol. The Labute approximate surface area is 273 Å². The fraction of sp³-hybridized carbons (Fsp3) is 0.270. The van der Waals surface area contributed by atoms with Crippen LogP contribution in [0.1, 0.15) is 48.9 Å². The minimum absolute atomic E-state index is 0.167. The van der Waals surface area contributed by atoms with Gasteiger partial charge in [0, 0.05) is 12.5 Å². The zero-order valence-corrected chi connectivity index (χ0v) is 27.3. The van der Waals surface area contributed by atoms with Gasteiger partial charge in [-0.05, 0) is 84.5 Å². The van der Waals surface area contributed by atoms with E-state index in [0.717, 1.165) is 28.0 Å². The van der Waals surface area contributed by atoms with Crippen molar-refractivity contribution in [1.82, 2.24) is 5.32 Å². The first-order chi connectivity index (χ1) is 22.6. The average Bonchev–Trinajstić information content (AvgIpc) is 3.32. The Morgan fingerprint density at radius 1 is 0.809 bits per heavy atom. The Kier molecular flexibility index (Phi) is 11.5. The number of amides is 1. The van der Waals surface area contributed by atoms with Gasteiger partial charge in [0.25, 0.3) is 0 Å². The van der Waals surface area contributed by atoms with Crippen molar-refractivity contribution in [2.45, 2.75) is 38.6 Å². The number of ether oxygens (including phenoxy) is 5. The smallest absolute Gasteiger partial charge is 0.310 e. The molecule has 0 radical (unpaired) electrons. The summed E-state index contributed by atoms with van der Waals surface area (Å²) >= 11 is 0. The van der Waals surface area contributed by atoms with Crippen LogP contribution in [0, 0.1) is 0 Å². The minimum atomic E-state index is -0.841. The monoisotopic (exact) mass is 641 g/mol. The van der Waals surface area contributed by atoms with Gasteiger partial charge in [0.1, 0.15) is 11.5 Å². The van der Waals surface area contributed by atoms with Crippen LogP contribution in [0.2, 0.25) is 0 Å². The maximum absolute atomic E-state index is 12.6. The summed E-state index contributed by atoms with van der Waals surface area (Å²) in [6, 6.07) is 23.1. The Balaban J connectivity index is 0.000000238. The van der Waals surface area contributed by atoms with Crippen molar-refractivity contribution in [2.75, 3.05) is 28.4 Å². The van der Waals surface area contributed by atoms with E-state index in [4.69, 9.17) is 28.8 Å². The van der Waals surface area contributed by atoms with Crippen molar-refractivity contribution in [1.29, 1.82) is 0 Å². The van der Waals surface area contributed by atoms with Crippen molar-refractivity contribution in [3.8, 4) is 45.6 Å². The third kappa shape index (κ3) is 8.02. The summed E-state index contributed by atoms with van der Waals surface area (Å²) in [5, 5.41) is 11.9. The van der Waals surface area contributed by atoms with E-state index < -0.39 is 11.9 Å². The first kappa shape index (κ1) is 34.4. The number of aryl methyl sites for hydroxylation is 1. The number of aliphatic carboxylic acids is 1. The molecule has 0 bridgehead atoms. The molecule has 10 nitrogen and oxygen atoms in total. The molecule has 0 heterocycles. The average molecular weight is 642 g/mol. The normalized spacial score (nSPS) is 13.6. The van der Waals surface area contributed by atoms with Gasteiger partial charge < -0.3 is 34.1 Å². The van der Waals surface area contributed by atoms with Crippen molar-refractivity contribution >= 4 is 11.9 Å². The molecule has 47 heavy (non-hydrogen) atoms. The maximum atomic E-state index is 12.6. The van der Waals surface area contributed by atoms with Crippen LogP contribution >= 0.6 is 0 Å². The number of methoxy groups -OCH3 is 4. The lowest BCUT2D eigenvalue weighted by Crippen LogP contribution is -2.26. The second kappa shape index (κ2) is 15.7. The van der Waals surface area contributed by atoms with Gasteiger partial charge in [-0.1, -0.05) is 36.4 Å². The van der Waals surface area contributed by atoms with E-state index in [1.54, 1.807) is 52.5 Å². The Hall–Kier alpha value is -5.51. The fourth-order valence-corrected chi connectivity index (χ4v) is 5.48. The number of hydrogen-bond donors (Lipinski definition) is 2. The molecule has 2 N–H and O–H groups in total. The number of carboxylic acid groups (broad SMARTS) is 1. The second-order valence-electron chi connectivity index (χ2n) is 10.8. The highest BCUT2D eigenvalue weighted by molar-refractivity contribution is 5.83. The van der Waals surface area contributed by atoms with Crippen LogP contribution in [-0.2, 0) is 16.0 Å². The number of carboxylic acids is 1. The van der Waals surface area contributed by atoms with Crippen molar-refractivity contribution in [2.24, 2.45) is 0 Å². The zero-order chi connectivity index (χ0) is 34.1. The Morgan fingerprint density at radius 3 is 2.11 bits per heavy atom. The molecule has 2 atom stereocenters. The zero-order valence-electron chi connectivity index (χ0n) is 27.3. The summed E-state index contributed by atoms with van der Waals surface area (Å²) in [5.41, 5.74) is 3.74. The molecule has 246 valence electrons. The van der Waals surface area contributed by atoms with E-state index in [1.165, 1.54) is 20.1 Å². The molecular formula is C37H39NO9. The van der Waals surface area contributed by atoms with Crippen LogP contribution in [0.15, 0.2) is 83.7 Å². The first-order valence-corrected chi connectivity index (χ1v) is 15.0. The molecule has 1 aliphatic carbocycles. The number of carbonyl (C=O) groups excluding carboxylic acids is 1. The fourth-order valence-electron chi connectivity index (χ4n) is 5.48. The van der Waals surface area contributed by atoms with Crippen molar-refractivity contribution in [3.63, 3.8) is 0 Å². The van der Waals surface area contributed by atoms with Gasteiger partial charge in [-0.2, -0.15) is 0 Å². The van der Waals surface area contributed by atoms with Gasteiger partial charge >= 0.3 is 5.97 Å². The van der Waals surface area contributed by atoms with E-state index in [9.17, 15) is 14.4 Å². The molecule has 0 fully saturated rings. The first-order valence-electron chi connectivity index (χ1n) is 15.0. The molecule has 0 saturated heterocycles. The van der Waals surface area contributed by atoms with Crippen molar-refractivity contribution < 1.29 is 38.4 Å². The number of benzene rings is 3. The number of hydrogen-bond acceptors (Lipinski definition) is 8. The molecule has 0 aliphatic heterocycles. The summed E-state index contributed by atoms with van der Waals surface area (Å²) in [5.74, 6) is 1.61. The summed E-state index contributed by atoms with van der Waals surface area (Å²) in [6.07, 6.45) is 1.27.